The average Bonchev–Trinajstić information content (AvgIpc) is 2.83. The van der Waals surface area contributed by atoms with E-state index in [0.717, 1.165) is 5.56 Å². The fourth-order valence-corrected chi connectivity index (χ4v) is 1.54. The van der Waals surface area contributed by atoms with Gasteiger partial charge in [0, 0.05) is 0 Å². The highest BCUT2D eigenvalue weighted by atomic mass is 16.7. The molecule has 0 spiro atoms. The summed E-state index contributed by atoms with van der Waals surface area (Å²) in [6, 6.07) is 5.33. The van der Waals surface area contributed by atoms with Crippen LogP contribution in [-0.4, -0.2) is 19.4 Å². The van der Waals surface area contributed by atoms with Gasteiger partial charge in [0.25, 0.3) is 0 Å². The molecule has 4 heteroatoms. The molecule has 1 aromatic rings. The molecular formula is C14H12O4. The first-order valence-electron chi connectivity index (χ1n) is 5.49. The van der Waals surface area contributed by atoms with Crippen molar-refractivity contribution in [1.29, 1.82) is 0 Å². The van der Waals surface area contributed by atoms with Crippen molar-refractivity contribution in [3.63, 3.8) is 0 Å². The minimum Gasteiger partial charge on any atom is -0.462 e. The summed E-state index contributed by atoms with van der Waals surface area (Å²) in [6.07, 6.45) is 6.87. The molecule has 1 aliphatic heterocycles. The quantitative estimate of drug-likeness (QED) is 0.463. The summed E-state index contributed by atoms with van der Waals surface area (Å²) in [6.45, 7) is 2.23. The van der Waals surface area contributed by atoms with E-state index < -0.39 is 5.97 Å². The molecule has 0 radical (unpaired) electrons. The number of carbonyl (C=O) groups excluding carboxylic acids is 1. The van der Waals surface area contributed by atoms with Crippen LogP contribution in [-0.2, 0) is 9.53 Å². The van der Waals surface area contributed by atoms with Gasteiger partial charge in [-0.1, -0.05) is 12.0 Å². The minimum atomic E-state index is -0.502. The normalized spacial score (nSPS) is 13.0. The third kappa shape index (κ3) is 2.46. The smallest absolute Gasteiger partial charge is 0.346 e. The molecular weight excluding hydrogens is 232 g/mol. The molecule has 0 aliphatic carbocycles. The van der Waals surface area contributed by atoms with Crippen LogP contribution in [0.2, 0.25) is 0 Å². The number of terminal acetylenes is 1. The van der Waals surface area contributed by atoms with E-state index in [0.29, 0.717) is 18.1 Å². The van der Waals surface area contributed by atoms with Gasteiger partial charge in [-0.15, -0.1) is 6.42 Å². The third-order valence-corrected chi connectivity index (χ3v) is 2.36. The predicted molar refractivity (Wildman–Crippen MR) is 66.0 cm³/mol. The van der Waals surface area contributed by atoms with Crippen LogP contribution >= 0.6 is 0 Å². The number of carbonyl (C=O) groups is 1. The lowest BCUT2D eigenvalue weighted by Gasteiger charge is -2.02. The van der Waals surface area contributed by atoms with Crippen molar-refractivity contribution in [2.45, 2.75) is 6.92 Å². The van der Waals surface area contributed by atoms with Gasteiger partial charge < -0.3 is 14.2 Å². The molecule has 0 N–H and O–H groups in total. The zero-order chi connectivity index (χ0) is 13.0. The highest BCUT2D eigenvalue weighted by Gasteiger charge is 2.13. The zero-order valence-electron chi connectivity index (χ0n) is 9.93. The number of hydrogen-bond donors (Lipinski definition) is 0. The van der Waals surface area contributed by atoms with Gasteiger partial charge in [0.15, 0.2) is 11.5 Å². The molecule has 0 atom stereocenters. The summed E-state index contributed by atoms with van der Waals surface area (Å²) in [5, 5.41) is 0. The molecule has 0 bridgehead atoms. The Balaban J connectivity index is 2.26. The Bertz CT molecular complexity index is 537. The van der Waals surface area contributed by atoms with Gasteiger partial charge in [-0.05, 0) is 30.7 Å². The lowest BCUT2D eigenvalue weighted by atomic mass is 10.1. The van der Waals surface area contributed by atoms with Crippen LogP contribution in [0.25, 0.3) is 6.08 Å². The van der Waals surface area contributed by atoms with E-state index in [-0.39, 0.29) is 12.4 Å². The van der Waals surface area contributed by atoms with Gasteiger partial charge in [-0.25, -0.2) is 4.79 Å². The van der Waals surface area contributed by atoms with Crippen LogP contribution in [0.5, 0.6) is 11.5 Å². The lowest BCUT2D eigenvalue weighted by Crippen LogP contribution is -2.05. The van der Waals surface area contributed by atoms with Crippen molar-refractivity contribution < 1.29 is 19.0 Å². The first kappa shape index (κ1) is 12.1. The Morgan fingerprint density at radius 1 is 1.50 bits per heavy atom. The molecule has 1 aromatic carbocycles. The molecule has 1 heterocycles. The second kappa shape index (κ2) is 5.28. The average molecular weight is 244 g/mol. The molecule has 0 unspecified atom stereocenters. The molecule has 0 saturated carbocycles. The largest absolute Gasteiger partial charge is 0.462 e. The zero-order valence-corrected chi connectivity index (χ0v) is 9.93. The Hall–Kier alpha value is -2.41. The Morgan fingerprint density at radius 3 is 3.00 bits per heavy atom. The van der Waals surface area contributed by atoms with Crippen molar-refractivity contribution in [2.75, 3.05) is 13.4 Å². The maximum atomic E-state index is 11.5. The predicted octanol–water partition coefficient (Wildman–Crippen LogP) is 2.00. The van der Waals surface area contributed by atoms with Crippen molar-refractivity contribution in [3.8, 4) is 23.8 Å². The van der Waals surface area contributed by atoms with Gasteiger partial charge in [-0.2, -0.15) is 0 Å². The topological polar surface area (TPSA) is 44.8 Å². The maximum Gasteiger partial charge on any atom is 0.346 e. The lowest BCUT2D eigenvalue weighted by molar-refractivity contribution is -0.137. The number of hydrogen-bond acceptors (Lipinski definition) is 4. The maximum absolute atomic E-state index is 11.5. The fraction of sp³-hybridized carbons (Fsp3) is 0.214. The second-order valence-electron chi connectivity index (χ2n) is 3.54. The van der Waals surface area contributed by atoms with Crippen molar-refractivity contribution in [3.05, 3.63) is 29.3 Å². The van der Waals surface area contributed by atoms with Crippen molar-refractivity contribution in [1.82, 2.24) is 0 Å². The number of ether oxygens (including phenoxy) is 3. The van der Waals surface area contributed by atoms with E-state index in [1.54, 1.807) is 31.2 Å². The molecule has 1 aliphatic rings. The Morgan fingerprint density at radius 2 is 2.28 bits per heavy atom. The molecule has 2 rings (SSSR count). The van der Waals surface area contributed by atoms with Crippen LogP contribution in [0.4, 0.5) is 0 Å². The molecule has 4 nitrogen and oxygen atoms in total. The highest BCUT2D eigenvalue weighted by Crippen LogP contribution is 2.33. The molecule has 0 aromatic heterocycles. The monoisotopic (exact) mass is 244 g/mol. The first-order valence-corrected chi connectivity index (χ1v) is 5.49. The number of rotatable bonds is 3. The Labute approximate surface area is 105 Å². The van der Waals surface area contributed by atoms with Crippen LogP contribution in [0, 0.1) is 12.3 Å². The number of esters is 1. The van der Waals surface area contributed by atoms with Crippen LogP contribution < -0.4 is 9.47 Å². The number of fused-ring (bicyclic) bond motifs is 1. The summed E-state index contributed by atoms with van der Waals surface area (Å²) in [7, 11) is 0. The van der Waals surface area contributed by atoms with E-state index >= 15 is 0 Å². The third-order valence-electron chi connectivity index (χ3n) is 2.36. The van der Waals surface area contributed by atoms with Crippen molar-refractivity contribution >= 4 is 12.0 Å². The van der Waals surface area contributed by atoms with Crippen molar-refractivity contribution in [2.24, 2.45) is 0 Å². The second-order valence-corrected chi connectivity index (χ2v) is 3.54. The highest BCUT2D eigenvalue weighted by molar-refractivity contribution is 5.98. The van der Waals surface area contributed by atoms with E-state index in [2.05, 4.69) is 5.92 Å². The molecule has 92 valence electrons. The number of benzene rings is 1. The minimum absolute atomic E-state index is 0.177. The molecule has 18 heavy (non-hydrogen) atoms. The van der Waals surface area contributed by atoms with E-state index in [1.807, 2.05) is 0 Å². The van der Waals surface area contributed by atoms with Gasteiger partial charge >= 0.3 is 5.97 Å². The van der Waals surface area contributed by atoms with Crippen LogP contribution in [0.3, 0.4) is 0 Å². The van der Waals surface area contributed by atoms with Gasteiger partial charge in [0.1, 0.15) is 5.57 Å². The standard InChI is InChI=1S/C14H12O4/c1-3-11(14(15)16-4-2)7-10-5-6-12-13(8-10)18-9-17-12/h1,5-8H,4,9H2,2H3/b11-7+. The fourth-order valence-electron chi connectivity index (χ4n) is 1.54. The summed E-state index contributed by atoms with van der Waals surface area (Å²) in [5.74, 6) is 3.14. The van der Waals surface area contributed by atoms with Gasteiger partial charge in [-0.3, -0.25) is 0 Å². The van der Waals surface area contributed by atoms with Gasteiger partial charge in [0.2, 0.25) is 6.79 Å². The van der Waals surface area contributed by atoms with E-state index in [4.69, 9.17) is 20.6 Å². The molecule has 0 amide bonds. The summed E-state index contributed by atoms with van der Waals surface area (Å²) >= 11 is 0. The first-order chi connectivity index (χ1) is 8.74. The van der Waals surface area contributed by atoms with Gasteiger partial charge in [0.05, 0.1) is 6.61 Å². The summed E-state index contributed by atoms with van der Waals surface area (Å²) in [5.41, 5.74) is 0.941. The Kier molecular flexibility index (Phi) is 3.54. The molecule has 0 saturated heterocycles. The van der Waals surface area contributed by atoms with Crippen LogP contribution in [0.1, 0.15) is 12.5 Å². The summed E-state index contributed by atoms with van der Waals surface area (Å²) < 4.78 is 15.3. The van der Waals surface area contributed by atoms with E-state index in [1.165, 1.54) is 0 Å². The van der Waals surface area contributed by atoms with E-state index in [9.17, 15) is 4.79 Å². The summed E-state index contributed by atoms with van der Waals surface area (Å²) in [4.78, 5) is 11.5. The van der Waals surface area contributed by atoms with Crippen LogP contribution in [0.15, 0.2) is 23.8 Å². The molecule has 0 fully saturated rings. The SMILES string of the molecule is C#C/C(=C\c1ccc2c(c1)OCO2)C(=O)OCC.